The van der Waals surface area contributed by atoms with Crippen LogP contribution in [0, 0.1) is 18.3 Å². The van der Waals surface area contributed by atoms with E-state index in [2.05, 4.69) is 0 Å². The number of hydrogen-bond donors (Lipinski definition) is 1. The van der Waals surface area contributed by atoms with Crippen LogP contribution in [-0.2, 0) is 14.3 Å². The number of methoxy groups -OCH3 is 1. The highest BCUT2D eigenvalue weighted by Gasteiger charge is 2.23. The summed E-state index contributed by atoms with van der Waals surface area (Å²) in [5.41, 5.74) is 7.69. The second-order valence-corrected chi connectivity index (χ2v) is 6.51. The maximum atomic E-state index is 12.2. The van der Waals surface area contributed by atoms with E-state index in [9.17, 15) is 14.9 Å². The first-order valence-electron chi connectivity index (χ1n) is 9.04. The molecule has 1 aliphatic rings. The quantitative estimate of drug-likeness (QED) is 0.753. The molecule has 0 saturated carbocycles. The van der Waals surface area contributed by atoms with Crippen molar-refractivity contribution in [2.75, 3.05) is 45.8 Å². The average molecular weight is 398 g/mol. The van der Waals surface area contributed by atoms with Crippen LogP contribution in [0.1, 0.15) is 21.6 Å². The zero-order valence-electron chi connectivity index (χ0n) is 16.3. The first-order valence-corrected chi connectivity index (χ1v) is 9.04. The van der Waals surface area contributed by atoms with Crippen molar-refractivity contribution in [2.24, 2.45) is 0 Å². The van der Waals surface area contributed by atoms with E-state index < -0.39 is 5.97 Å². The molecule has 1 aromatic heterocycles. The number of aromatic nitrogens is 1. The van der Waals surface area contributed by atoms with Crippen molar-refractivity contribution >= 4 is 17.6 Å². The molecule has 1 fully saturated rings. The Kier molecular flexibility index (Phi) is 6.04. The molecule has 1 amide bonds. The SMILES string of the molecule is COC(=O)c1c(N)c(C#N)cn1-c1ccc(OCC(=O)N2CCOCC2)cc1C. The van der Waals surface area contributed by atoms with Gasteiger partial charge in [-0.1, -0.05) is 0 Å². The Balaban J connectivity index is 1.80. The van der Waals surface area contributed by atoms with E-state index >= 15 is 0 Å². The number of rotatable bonds is 5. The lowest BCUT2D eigenvalue weighted by atomic mass is 10.2. The molecule has 29 heavy (non-hydrogen) atoms. The second-order valence-electron chi connectivity index (χ2n) is 6.51. The molecule has 9 nitrogen and oxygen atoms in total. The summed E-state index contributed by atoms with van der Waals surface area (Å²) in [4.78, 5) is 26.1. The molecule has 2 aromatic rings. The highest BCUT2D eigenvalue weighted by Crippen LogP contribution is 2.28. The zero-order chi connectivity index (χ0) is 21.0. The number of nitrogen functional groups attached to an aromatic ring is 1. The number of aryl methyl sites for hydroxylation is 1. The smallest absolute Gasteiger partial charge is 0.357 e. The molecule has 152 valence electrons. The summed E-state index contributed by atoms with van der Waals surface area (Å²) < 4.78 is 17.2. The van der Waals surface area contributed by atoms with E-state index in [4.69, 9.17) is 19.9 Å². The summed E-state index contributed by atoms with van der Waals surface area (Å²) in [6, 6.07) is 7.15. The predicted molar refractivity (Wildman–Crippen MR) is 104 cm³/mol. The highest BCUT2D eigenvalue weighted by atomic mass is 16.5. The lowest BCUT2D eigenvalue weighted by Crippen LogP contribution is -2.42. The molecule has 3 rings (SSSR count). The van der Waals surface area contributed by atoms with E-state index in [1.165, 1.54) is 17.9 Å². The van der Waals surface area contributed by atoms with Gasteiger partial charge in [0.05, 0.1) is 31.6 Å². The molecule has 1 aromatic carbocycles. The zero-order valence-corrected chi connectivity index (χ0v) is 16.3. The summed E-state index contributed by atoms with van der Waals surface area (Å²) in [6.07, 6.45) is 1.49. The van der Waals surface area contributed by atoms with Crippen LogP contribution in [0.3, 0.4) is 0 Å². The number of nitrogens with zero attached hydrogens (tertiary/aromatic N) is 3. The molecule has 0 spiro atoms. The molecule has 0 unspecified atom stereocenters. The second kappa shape index (κ2) is 8.67. The van der Waals surface area contributed by atoms with Gasteiger partial charge in [0.2, 0.25) is 0 Å². The average Bonchev–Trinajstić information content (AvgIpc) is 3.08. The van der Waals surface area contributed by atoms with Crippen molar-refractivity contribution < 1.29 is 23.8 Å². The molecule has 2 N–H and O–H groups in total. The van der Waals surface area contributed by atoms with Crippen LogP contribution in [-0.4, -0.2) is 61.4 Å². The van der Waals surface area contributed by atoms with E-state index in [1.807, 2.05) is 13.0 Å². The third kappa shape index (κ3) is 4.17. The summed E-state index contributed by atoms with van der Waals surface area (Å²) in [5.74, 6) is -0.215. The fourth-order valence-electron chi connectivity index (χ4n) is 3.14. The van der Waals surface area contributed by atoms with E-state index in [0.29, 0.717) is 37.7 Å². The molecule has 0 aliphatic carbocycles. The van der Waals surface area contributed by atoms with Gasteiger partial charge in [0.15, 0.2) is 12.3 Å². The molecule has 9 heteroatoms. The number of esters is 1. The number of anilines is 1. The Hall–Kier alpha value is -3.51. The van der Waals surface area contributed by atoms with Crippen LogP contribution in [0.5, 0.6) is 5.75 Å². The van der Waals surface area contributed by atoms with Crippen LogP contribution in [0.15, 0.2) is 24.4 Å². The number of benzene rings is 1. The third-order valence-electron chi connectivity index (χ3n) is 4.70. The summed E-state index contributed by atoms with van der Waals surface area (Å²) in [7, 11) is 1.25. The van der Waals surface area contributed by atoms with Gasteiger partial charge >= 0.3 is 5.97 Å². The highest BCUT2D eigenvalue weighted by molar-refractivity contribution is 5.96. The lowest BCUT2D eigenvalue weighted by molar-refractivity contribution is -0.137. The van der Waals surface area contributed by atoms with Gasteiger partial charge in [0.25, 0.3) is 5.91 Å². The first kappa shape index (κ1) is 20.2. The molecule has 0 radical (unpaired) electrons. The molecular weight excluding hydrogens is 376 g/mol. The Morgan fingerprint density at radius 2 is 2.03 bits per heavy atom. The Morgan fingerprint density at radius 1 is 1.31 bits per heavy atom. The van der Waals surface area contributed by atoms with Crippen LogP contribution in [0.2, 0.25) is 0 Å². The molecule has 0 bridgehead atoms. The van der Waals surface area contributed by atoms with Gasteiger partial charge in [-0.2, -0.15) is 5.26 Å². The minimum absolute atomic E-state index is 0.0650. The van der Waals surface area contributed by atoms with E-state index in [0.717, 1.165) is 5.56 Å². The van der Waals surface area contributed by atoms with Crippen LogP contribution >= 0.6 is 0 Å². The normalized spacial score (nSPS) is 13.6. The van der Waals surface area contributed by atoms with Crippen molar-refractivity contribution in [3.05, 3.63) is 41.2 Å². The number of hydrogen-bond acceptors (Lipinski definition) is 7. The summed E-state index contributed by atoms with van der Waals surface area (Å²) in [5, 5.41) is 9.24. The van der Waals surface area contributed by atoms with Gasteiger partial charge < -0.3 is 29.4 Å². The van der Waals surface area contributed by atoms with E-state index in [1.54, 1.807) is 23.1 Å². The standard InChI is InChI=1S/C20H22N4O5/c1-13-9-15(29-12-17(25)23-5-7-28-8-6-23)3-4-16(13)24-11-14(10-21)18(22)19(24)20(26)27-2/h3-4,9,11H,5-8,12,22H2,1-2H3. The maximum Gasteiger partial charge on any atom is 0.357 e. The number of carbonyl (C=O) groups excluding carboxylic acids is 2. The van der Waals surface area contributed by atoms with Gasteiger partial charge in [0.1, 0.15) is 11.8 Å². The van der Waals surface area contributed by atoms with Gasteiger partial charge in [0, 0.05) is 25.0 Å². The summed E-state index contributed by atoms with van der Waals surface area (Å²) in [6.45, 7) is 3.95. The van der Waals surface area contributed by atoms with Gasteiger partial charge in [-0.25, -0.2) is 4.79 Å². The number of amides is 1. The molecule has 1 saturated heterocycles. The van der Waals surface area contributed by atoms with Crippen LogP contribution in [0.4, 0.5) is 5.69 Å². The number of ether oxygens (including phenoxy) is 3. The van der Waals surface area contributed by atoms with Crippen molar-refractivity contribution in [2.45, 2.75) is 6.92 Å². The number of nitrogens with two attached hydrogens (primary N) is 1. The van der Waals surface area contributed by atoms with Gasteiger partial charge in [-0.05, 0) is 30.7 Å². The minimum Gasteiger partial charge on any atom is -0.484 e. The van der Waals surface area contributed by atoms with Crippen LogP contribution < -0.4 is 10.5 Å². The van der Waals surface area contributed by atoms with Gasteiger partial charge in [-0.15, -0.1) is 0 Å². The lowest BCUT2D eigenvalue weighted by Gasteiger charge is -2.26. The minimum atomic E-state index is -0.639. The number of carbonyl (C=O) groups is 2. The van der Waals surface area contributed by atoms with Crippen LogP contribution in [0.25, 0.3) is 5.69 Å². The fourth-order valence-corrected chi connectivity index (χ4v) is 3.14. The monoisotopic (exact) mass is 398 g/mol. The fraction of sp³-hybridized carbons (Fsp3) is 0.350. The third-order valence-corrected chi connectivity index (χ3v) is 4.70. The molecular formula is C20H22N4O5. The maximum absolute atomic E-state index is 12.2. The Labute approximate surface area is 168 Å². The molecule has 2 heterocycles. The number of nitriles is 1. The summed E-state index contributed by atoms with van der Waals surface area (Å²) >= 11 is 0. The van der Waals surface area contributed by atoms with Crippen molar-refractivity contribution in [3.63, 3.8) is 0 Å². The number of morpholine rings is 1. The Morgan fingerprint density at radius 3 is 2.66 bits per heavy atom. The van der Waals surface area contributed by atoms with Gasteiger partial charge in [-0.3, -0.25) is 4.79 Å². The van der Waals surface area contributed by atoms with E-state index in [-0.39, 0.29) is 29.5 Å². The molecule has 0 atom stereocenters. The van der Waals surface area contributed by atoms with Crippen molar-refractivity contribution in [3.8, 4) is 17.5 Å². The Bertz CT molecular complexity index is 970. The molecule has 1 aliphatic heterocycles. The largest absolute Gasteiger partial charge is 0.484 e. The van der Waals surface area contributed by atoms with Crippen molar-refractivity contribution in [1.82, 2.24) is 9.47 Å². The predicted octanol–water partition coefficient (Wildman–Crippen LogP) is 1.26. The van der Waals surface area contributed by atoms with Crippen molar-refractivity contribution in [1.29, 1.82) is 5.26 Å². The topological polar surface area (TPSA) is 120 Å². The first-order chi connectivity index (χ1) is 14.0.